The lowest BCUT2D eigenvalue weighted by molar-refractivity contribution is 0.102. The van der Waals surface area contributed by atoms with Crippen molar-refractivity contribution in [3.05, 3.63) is 77.6 Å². The van der Waals surface area contributed by atoms with Gasteiger partial charge in [0.25, 0.3) is 5.91 Å². The summed E-state index contributed by atoms with van der Waals surface area (Å²) in [5.74, 6) is 1.88. The summed E-state index contributed by atoms with van der Waals surface area (Å²) in [4.78, 5) is 21.5. The highest BCUT2D eigenvalue weighted by atomic mass is 32.1. The van der Waals surface area contributed by atoms with Crippen LogP contribution in [0, 0.1) is 0 Å². The lowest BCUT2D eigenvalue weighted by Gasteiger charge is -2.13. The summed E-state index contributed by atoms with van der Waals surface area (Å²) in [6.45, 7) is 0.319. The molecule has 0 saturated heterocycles. The maximum absolute atomic E-state index is 12.9. The van der Waals surface area contributed by atoms with Crippen LogP contribution in [0.5, 0.6) is 23.0 Å². The largest absolute Gasteiger partial charge is 0.493 e. The molecule has 0 saturated carbocycles. The van der Waals surface area contributed by atoms with Crippen LogP contribution < -0.4 is 24.3 Å². The highest BCUT2D eigenvalue weighted by molar-refractivity contribution is 7.13. The number of nitrogens with zero attached hydrogens (tertiary/aromatic N) is 2. The van der Waals surface area contributed by atoms with E-state index in [1.807, 2.05) is 24.3 Å². The molecule has 0 spiro atoms. The molecule has 1 amide bonds. The van der Waals surface area contributed by atoms with Crippen LogP contribution >= 0.6 is 11.3 Å². The molecule has 0 radical (unpaired) electrons. The van der Waals surface area contributed by atoms with Crippen molar-refractivity contribution in [2.75, 3.05) is 26.6 Å². The zero-order valence-electron chi connectivity index (χ0n) is 18.9. The molecule has 4 aromatic rings. The molecule has 4 rings (SSSR count). The summed E-state index contributed by atoms with van der Waals surface area (Å²) >= 11 is 1.35. The predicted molar refractivity (Wildman–Crippen MR) is 130 cm³/mol. The van der Waals surface area contributed by atoms with Gasteiger partial charge in [-0.3, -0.25) is 9.78 Å². The summed E-state index contributed by atoms with van der Waals surface area (Å²) in [5.41, 5.74) is 2.52. The first-order valence-corrected chi connectivity index (χ1v) is 11.2. The molecule has 2 aromatic heterocycles. The third-order valence-electron chi connectivity index (χ3n) is 4.91. The average Bonchev–Trinajstić information content (AvgIpc) is 3.38. The number of nitrogens with one attached hydrogen (secondary N) is 1. The third-order valence-corrected chi connectivity index (χ3v) is 5.78. The normalized spacial score (nSPS) is 10.4. The Hall–Kier alpha value is -4.11. The molecule has 1 N–H and O–H groups in total. The molecule has 2 heterocycles. The Morgan fingerprint density at radius 3 is 2.56 bits per heavy atom. The number of carbonyl (C=O) groups is 1. The predicted octanol–water partition coefficient (Wildman–Crippen LogP) is 5.06. The standard InChI is InChI=1S/C25H23N3O5S/c1-30-20-10-9-17(12-22(20)33-14-16-6-5-11-26-13-16)27-24(29)19-15-34-25(28-19)18-7-4-8-21(31-2)23(18)32-3/h4-13,15H,14H2,1-3H3,(H,27,29). The molecule has 8 nitrogen and oxygen atoms in total. The number of rotatable bonds is 9. The van der Waals surface area contributed by atoms with Crippen molar-refractivity contribution in [3.63, 3.8) is 0 Å². The number of methoxy groups -OCH3 is 3. The SMILES string of the molecule is COc1ccc(NC(=O)c2csc(-c3cccc(OC)c3OC)n2)cc1OCc1cccnc1. The van der Waals surface area contributed by atoms with Gasteiger partial charge in [0.05, 0.1) is 26.9 Å². The van der Waals surface area contributed by atoms with Gasteiger partial charge >= 0.3 is 0 Å². The first-order valence-electron chi connectivity index (χ1n) is 10.3. The lowest BCUT2D eigenvalue weighted by atomic mass is 10.2. The number of aromatic nitrogens is 2. The van der Waals surface area contributed by atoms with Crippen molar-refractivity contribution in [2.24, 2.45) is 0 Å². The molecule has 0 aliphatic heterocycles. The molecule has 0 unspecified atom stereocenters. The lowest BCUT2D eigenvalue weighted by Crippen LogP contribution is -2.12. The van der Waals surface area contributed by atoms with Crippen molar-refractivity contribution in [3.8, 4) is 33.6 Å². The van der Waals surface area contributed by atoms with Crippen LogP contribution in [0.15, 0.2) is 66.3 Å². The van der Waals surface area contributed by atoms with E-state index in [2.05, 4.69) is 15.3 Å². The Morgan fingerprint density at radius 1 is 0.971 bits per heavy atom. The molecule has 9 heteroatoms. The van der Waals surface area contributed by atoms with E-state index < -0.39 is 0 Å². The number of thiazole rings is 1. The van der Waals surface area contributed by atoms with Crippen LogP contribution in [0.3, 0.4) is 0 Å². The molecule has 174 valence electrons. The van der Waals surface area contributed by atoms with Crippen molar-refractivity contribution in [1.29, 1.82) is 0 Å². The number of anilines is 1. The van der Waals surface area contributed by atoms with Crippen LogP contribution in [-0.2, 0) is 6.61 Å². The summed E-state index contributed by atoms with van der Waals surface area (Å²) in [5, 5.41) is 5.22. The molecule has 0 aliphatic carbocycles. The van der Waals surface area contributed by atoms with Gasteiger partial charge in [-0.15, -0.1) is 11.3 Å². The van der Waals surface area contributed by atoms with Gasteiger partial charge in [-0.25, -0.2) is 4.98 Å². The highest BCUT2D eigenvalue weighted by Gasteiger charge is 2.18. The summed E-state index contributed by atoms with van der Waals surface area (Å²) in [7, 11) is 4.71. The first kappa shape index (κ1) is 23.1. The fourth-order valence-electron chi connectivity index (χ4n) is 3.26. The van der Waals surface area contributed by atoms with Crippen LogP contribution in [0.2, 0.25) is 0 Å². The Bertz CT molecular complexity index is 1280. The van der Waals surface area contributed by atoms with Crippen LogP contribution in [0.25, 0.3) is 10.6 Å². The summed E-state index contributed by atoms with van der Waals surface area (Å²) < 4.78 is 22.1. The smallest absolute Gasteiger partial charge is 0.275 e. The highest BCUT2D eigenvalue weighted by Crippen LogP contribution is 2.39. The molecule has 34 heavy (non-hydrogen) atoms. The molecule has 0 bridgehead atoms. The number of para-hydroxylation sites is 1. The van der Waals surface area contributed by atoms with Gasteiger partial charge in [0.15, 0.2) is 23.0 Å². The number of amides is 1. The minimum Gasteiger partial charge on any atom is -0.493 e. The van der Waals surface area contributed by atoms with Crippen molar-refractivity contribution < 1.29 is 23.7 Å². The maximum atomic E-state index is 12.9. The minimum absolute atomic E-state index is 0.290. The van der Waals surface area contributed by atoms with Crippen molar-refractivity contribution in [2.45, 2.75) is 6.61 Å². The second kappa shape index (κ2) is 10.7. The van der Waals surface area contributed by atoms with Crippen molar-refractivity contribution in [1.82, 2.24) is 9.97 Å². The number of benzene rings is 2. The summed E-state index contributed by atoms with van der Waals surface area (Å²) in [6.07, 6.45) is 3.43. The van der Waals surface area contributed by atoms with Gasteiger partial charge in [0.2, 0.25) is 0 Å². The van der Waals surface area contributed by atoms with E-state index in [-0.39, 0.29) is 5.91 Å². The van der Waals surface area contributed by atoms with Gasteiger partial charge in [0.1, 0.15) is 17.3 Å². The van der Waals surface area contributed by atoms with E-state index in [1.165, 1.54) is 11.3 Å². The molecule has 0 aliphatic rings. The quantitative estimate of drug-likeness (QED) is 0.360. The average molecular weight is 478 g/mol. The number of carbonyl (C=O) groups excluding carboxylic acids is 1. The monoisotopic (exact) mass is 477 g/mol. The fourth-order valence-corrected chi connectivity index (χ4v) is 4.09. The maximum Gasteiger partial charge on any atom is 0.275 e. The fraction of sp³-hybridized carbons (Fsp3) is 0.160. The van der Waals surface area contributed by atoms with E-state index in [0.29, 0.717) is 46.0 Å². The summed E-state index contributed by atoms with van der Waals surface area (Å²) in [6, 6.07) is 14.5. The topological polar surface area (TPSA) is 91.8 Å². The van der Waals surface area contributed by atoms with Crippen molar-refractivity contribution >= 4 is 22.9 Å². The van der Waals surface area contributed by atoms with Gasteiger partial charge in [-0.2, -0.15) is 0 Å². The second-order valence-electron chi connectivity index (χ2n) is 7.05. The van der Waals surface area contributed by atoms with Crippen LogP contribution in [-0.4, -0.2) is 37.2 Å². The molecular weight excluding hydrogens is 454 g/mol. The molecule has 0 fully saturated rings. The van der Waals surface area contributed by atoms with Gasteiger partial charge in [-0.05, 0) is 30.3 Å². The van der Waals surface area contributed by atoms with E-state index in [1.54, 1.807) is 63.4 Å². The molecule has 0 atom stereocenters. The third kappa shape index (κ3) is 5.10. The first-order chi connectivity index (χ1) is 16.6. The van der Waals surface area contributed by atoms with E-state index in [4.69, 9.17) is 18.9 Å². The van der Waals surface area contributed by atoms with Gasteiger partial charge in [-0.1, -0.05) is 12.1 Å². The number of hydrogen-bond donors (Lipinski definition) is 1. The number of hydrogen-bond acceptors (Lipinski definition) is 8. The van der Waals surface area contributed by atoms with E-state index >= 15 is 0 Å². The molecular formula is C25H23N3O5S. The Labute approximate surface area is 201 Å². The Morgan fingerprint density at radius 2 is 1.82 bits per heavy atom. The minimum atomic E-state index is -0.340. The Balaban J connectivity index is 1.51. The van der Waals surface area contributed by atoms with Gasteiger partial charge in [0, 0.05) is 35.1 Å². The van der Waals surface area contributed by atoms with Gasteiger partial charge < -0.3 is 24.3 Å². The van der Waals surface area contributed by atoms with Crippen LogP contribution in [0.4, 0.5) is 5.69 Å². The zero-order valence-corrected chi connectivity index (χ0v) is 19.7. The van der Waals surface area contributed by atoms with E-state index in [0.717, 1.165) is 11.1 Å². The van der Waals surface area contributed by atoms with E-state index in [9.17, 15) is 4.79 Å². The Kier molecular flexibility index (Phi) is 7.24. The number of ether oxygens (including phenoxy) is 4. The van der Waals surface area contributed by atoms with Crippen LogP contribution in [0.1, 0.15) is 16.1 Å². The zero-order chi connectivity index (χ0) is 23.9. The molecule has 2 aromatic carbocycles. The second-order valence-corrected chi connectivity index (χ2v) is 7.91. The number of pyridine rings is 1.